The number of ether oxygens (including phenoxy) is 1. The largest absolute Gasteiger partial charge is 0.507 e. The van der Waals surface area contributed by atoms with Crippen molar-refractivity contribution >= 4 is 61.4 Å². The van der Waals surface area contributed by atoms with Crippen LogP contribution in [0.15, 0.2) is 66.5 Å². The quantitative estimate of drug-likeness (QED) is 0.129. The molecule has 1 saturated heterocycles. The Hall–Kier alpha value is -4.35. The smallest absolute Gasteiger partial charge is 0.301 e. The summed E-state index contributed by atoms with van der Waals surface area (Å²) in [6.07, 6.45) is 3.02. The number of Topliss-reactive ketones (excluding diaryl/α,β-unsaturated/α-hetero) is 1. The molecule has 1 N–H and O–H groups in total. The number of fused-ring (bicyclic) bond motifs is 1. The zero-order valence-corrected chi connectivity index (χ0v) is 20.0. The number of amides is 1. The molecule has 0 saturated carbocycles. The van der Waals surface area contributed by atoms with Crippen LogP contribution in [0.2, 0.25) is 5.02 Å². The van der Waals surface area contributed by atoms with Crippen LogP contribution in [-0.4, -0.2) is 38.8 Å². The Kier molecular flexibility index (Phi) is 5.86. The number of hydrogen-bond acceptors (Lipinski definition) is 9. The van der Waals surface area contributed by atoms with Gasteiger partial charge in [-0.1, -0.05) is 29.0 Å². The summed E-state index contributed by atoms with van der Waals surface area (Å²) in [5.41, 5.74) is 0.810. The lowest BCUT2D eigenvalue weighted by molar-refractivity contribution is -0.384. The Morgan fingerprint density at radius 1 is 1.22 bits per heavy atom. The van der Waals surface area contributed by atoms with E-state index in [1.165, 1.54) is 60.8 Å². The predicted molar refractivity (Wildman–Crippen MR) is 133 cm³/mol. The van der Waals surface area contributed by atoms with Crippen LogP contribution in [0.1, 0.15) is 17.2 Å². The summed E-state index contributed by atoms with van der Waals surface area (Å²) < 4.78 is 5.61. The Morgan fingerprint density at radius 3 is 2.69 bits per heavy atom. The molecule has 12 heteroatoms. The molecule has 1 atom stereocenters. The highest BCUT2D eigenvalue weighted by Crippen LogP contribution is 2.44. The fourth-order valence-corrected chi connectivity index (χ4v) is 5.25. The number of aliphatic hydroxyl groups is 1. The monoisotopic (exact) mass is 522 g/mol. The molecule has 2 aromatic heterocycles. The SMILES string of the molecule is COc1ccc(/C(O)=C2\C(=O)C(=O)N(c3nc4ccc([N+](=O)[O-])cc4s3)C2c2cccnc2)cc1Cl. The fourth-order valence-electron chi connectivity index (χ4n) is 3.97. The first-order valence-corrected chi connectivity index (χ1v) is 11.6. The van der Waals surface area contributed by atoms with Crippen molar-refractivity contribution in [2.45, 2.75) is 6.04 Å². The van der Waals surface area contributed by atoms with Gasteiger partial charge in [-0.2, -0.15) is 0 Å². The minimum Gasteiger partial charge on any atom is -0.507 e. The van der Waals surface area contributed by atoms with E-state index in [9.17, 15) is 24.8 Å². The summed E-state index contributed by atoms with van der Waals surface area (Å²) in [6, 6.07) is 10.9. The number of methoxy groups -OCH3 is 1. The maximum absolute atomic E-state index is 13.3. The van der Waals surface area contributed by atoms with Crippen LogP contribution in [0.25, 0.3) is 16.0 Å². The molecular formula is C24H15ClN4O6S. The van der Waals surface area contributed by atoms with E-state index >= 15 is 0 Å². The van der Waals surface area contributed by atoms with Gasteiger partial charge in [0.25, 0.3) is 11.5 Å². The van der Waals surface area contributed by atoms with Crippen molar-refractivity contribution in [3.05, 3.63) is 92.8 Å². The van der Waals surface area contributed by atoms with Crippen LogP contribution < -0.4 is 9.64 Å². The van der Waals surface area contributed by atoms with Crippen molar-refractivity contribution in [3.8, 4) is 5.75 Å². The van der Waals surface area contributed by atoms with Gasteiger partial charge in [-0.15, -0.1) is 0 Å². The third kappa shape index (κ3) is 3.84. The zero-order valence-electron chi connectivity index (χ0n) is 18.4. The molecular weight excluding hydrogens is 508 g/mol. The first-order valence-electron chi connectivity index (χ1n) is 10.4. The Bertz CT molecular complexity index is 1590. The van der Waals surface area contributed by atoms with Gasteiger partial charge in [0.1, 0.15) is 11.5 Å². The van der Waals surface area contributed by atoms with E-state index in [0.29, 0.717) is 21.5 Å². The number of pyridine rings is 1. The maximum atomic E-state index is 13.3. The molecule has 0 spiro atoms. The lowest BCUT2D eigenvalue weighted by Gasteiger charge is -2.22. The third-order valence-corrected chi connectivity index (χ3v) is 6.96. The second-order valence-corrected chi connectivity index (χ2v) is 9.13. The second-order valence-electron chi connectivity index (χ2n) is 7.71. The number of benzene rings is 2. The highest BCUT2D eigenvalue weighted by atomic mass is 35.5. The molecule has 1 aliphatic heterocycles. The van der Waals surface area contributed by atoms with Crippen LogP contribution in [0, 0.1) is 10.1 Å². The number of nitrogens with zero attached hydrogens (tertiary/aromatic N) is 4. The number of aliphatic hydroxyl groups excluding tert-OH is 1. The number of rotatable bonds is 5. The lowest BCUT2D eigenvalue weighted by Crippen LogP contribution is -2.29. The molecule has 0 radical (unpaired) electrons. The highest BCUT2D eigenvalue weighted by molar-refractivity contribution is 7.22. The van der Waals surface area contributed by atoms with Gasteiger partial charge >= 0.3 is 5.91 Å². The molecule has 1 aliphatic rings. The molecule has 0 aliphatic carbocycles. The second kappa shape index (κ2) is 9.02. The van der Waals surface area contributed by atoms with E-state index in [-0.39, 0.29) is 27.0 Å². The number of halogens is 1. The summed E-state index contributed by atoms with van der Waals surface area (Å²) in [5.74, 6) is -1.87. The molecule has 36 heavy (non-hydrogen) atoms. The maximum Gasteiger partial charge on any atom is 0.301 e. The molecule has 1 amide bonds. The average Bonchev–Trinajstić information content (AvgIpc) is 3.41. The minimum absolute atomic E-state index is 0.125. The van der Waals surface area contributed by atoms with Gasteiger partial charge in [0.2, 0.25) is 0 Å². The first-order chi connectivity index (χ1) is 17.3. The summed E-state index contributed by atoms with van der Waals surface area (Å²) >= 11 is 7.24. The Labute approximate surface area is 212 Å². The first kappa shape index (κ1) is 23.4. The van der Waals surface area contributed by atoms with Crippen LogP contribution in [0.5, 0.6) is 5.75 Å². The molecule has 1 fully saturated rings. The van der Waals surface area contributed by atoms with Crippen molar-refractivity contribution in [1.82, 2.24) is 9.97 Å². The van der Waals surface area contributed by atoms with Crippen LogP contribution in [0.4, 0.5) is 10.8 Å². The van der Waals surface area contributed by atoms with E-state index in [1.54, 1.807) is 12.1 Å². The number of hydrogen-bond donors (Lipinski definition) is 1. The molecule has 10 nitrogen and oxygen atoms in total. The molecule has 5 rings (SSSR count). The topological polar surface area (TPSA) is 136 Å². The minimum atomic E-state index is -1.05. The number of nitro groups is 1. The molecule has 3 heterocycles. The van der Waals surface area contributed by atoms with E-state index in [0.717, 1.165) is 11.3 Å². The van der Waals surface area contributed by atoms with Crippen LogP contribution in [0.3, 0.4) is 0 Å². The number of thiazole rings is 1. The van der Waals surface area contributed by atoms with Gasteiger partial charge in [0.05, 0.1) is 38.9 Å². The van der Waals surface area contributed by atoms with E-state index in [4.69, 9.17) is 16.3 Å². The number of ketones is 1. The number of non-ortho nitro benzene ring substituents is 1. The van der Waals surface area contributed by atoms with Gasteiger partial charge < -0.3 is 9.84 Å². The molecule has 4 aromatic rings. The van der Waals surface area contributed by atoms with Crippen molar-refractivity contribution < 1.29 is 24.4 Å². The fraction of sp³-hybridized carbons (Fsp3) is 0.0833. The standard InChI is InChI=1S/C24H15ClN4O6S/c1-35-17-7-4-12(9-15(17)25)21(30)19-20(13-3-2-8-26-11-13)28(23(32)22(19)31)24-27-16-6-5-14(29(33)34)10-18(16)36-24/h2-11,20,30H,1H3/b21-19+. The van der Waals surface area contributed by atoms with Gasteiger partial charge in [0, 0.05) is 30.1 Å². The normalized spacial score (nSPS) is 17.1. The number of carbonyl (C=O) groups excluding carboxylic acids is 2. The summed E-state index contributed by atoms with van der Waals surface area (Å²) in [7, 11) is 1.45. The van der Waals surface area contributed by atoms with Crippen LogP contribution in [-0.2, 0) is 9.59 Å². The zero-order chi connectivity index (χ0) is 25.6. The molecule has 0 bridgehead atoms. The number of anilines is 1. The summed E-state index contributed by atoms with van der Waals surface area (Å²) in [5, 5.41) is 22.7. The van der Waals surface area contributed by atoms with Crippen molar-refractivity contribution in [2.24, 2.45) is 0 Å². The van der Waals surface area contributed by atoms with E-state index in [1.807, 2.05) is 0 Å². The highest BCUT2D eigenvalue weighted by Gasteiger charge is 2.48. The number of nitro benzene ring substituents is 1. The third-order valence-electron chi connectivity index (χ3n) is 5.65. The van der Waals surface area contributed by atoms with E-state index < -0.39 is 28.4 Å². The van der Waals surface area contributed by atoms with Gasteiger partial charge in [-0.05, 0) is 35.9 Å². The Morgan fingerprint density at radius 2 is 2.03 bits per heavy atom. The van der Waals surface area contributed by atoms with E-state index in [2.05, 4.69) is 9.97 Å². The average molecular weight is 523 g/mol. The predicted octanol–water partition coefficient (Wildman–Crippen LogP) is 4.89. The molecule has 1 unspecified atom stereocenters. The molecule has 180 valence electrons. The van der Waals surface area contributed by atoms with Gasteiger partial charge in [0.15, 0.2) is 5.13 Å². The number of carbonyl (C=O) groups is 2. The summed E-state index contributed by atoms with van der Waals surface area (Å²) in [4.78, 5) is 46.9. The van der Waals surface area contributed by atoms with Gasteiger partial charge in [-0.25, -0.2) is 4.98 Å². The number of aromatic nitrogens is 2. The van der Waals surface area contributed by atoms with Crippen molar-refractivity contribution in [1.29, 1.82) is 0 Å². The lowest BCUT2D eigenvalue weighted by atomic mass is 9.96. The summed E-state index contributed by atoms with van der Waals surface area (Å²) in [6.45, 7) is 0. The van der Waals surface area contributed by atoms with Crippen molar-refractivity contribution in [3.63, 3.8) is 0 Å². The Balaban J connectivity index is 1.70. The van der Waals surface area contributed by atoms with Crippen LogP contribution >= 0.6 is 22.9 Å². The van der Waals surface area contributed by atoms with Gasteiger partial charge in [-0.3, -0.25) is 29.6 Å². The molecule has 2 aromatic carbocycles. The van der Waals surface area contributed by atoms with Crippen molar-refractivity contribution in [2.75, 3.05) is 12.0 Å².